The van der Waals surface area contributed by atoms with Crippen molar-refractivity contribution in [2.75, 3.05) is 22.1 Å². The Morgan fingerprint density at radius 2 is 1.55 bits per heavy atom. The molecule has 3 aromatic rings. The van der Waals surface area contributed by atoms with E-state index in [4.69, 9.17) is 27.9 Å². The van der Waals surface area contributed by atoms with Crippen molar-refractivity contribution < 1.29 is 23.9 Å². The molecule has 4 rings (SSSR count). The highest BCUT2D eigenvalue weighted by Gasteiger charge is 2.39. The second-order valence-corrected chi connectivity index (χ2v) is 10.4. The average Bonchev–Trinajstić information content (AvgIpc) is 3.13. The molecule has 8 nitrogen and oxygen atoms in total. The highest BCUT2D eigenvalue weighted by atomic mass is 35.5. The normalized spacial score (nSPS) is 13.2. The van der Waals surface area contributed by atoms with Crippen molar-refractivity contribution in [3.05, 3.63) is 99.2 Å². The number of halogens is 2. The lowest BCUT2D eigenvalue weighted by Crippen LogP contribution is -2.32. The Hall–Kier alpha value is -4.14. The van der Waals surface area contributed by atoms with Crippen molar-refractivity contribution in [1.82, 2.24) is 0 Å². The smallest absolute Gasteiger partial charge is 0.338 e. The second kappa shape index (κ2) is 12.4. The zero-order chi connectivity index (χ0) is 29.0. The van der Waals surface area contributed by atoms with E-state index in [2.05, 4.69) is 10.6 Å². The summed E-state index contributed by atoms with van der Waals surface area (Å²) < 4.78 is 5.21. The van der Waals surface area contributed by atoms with Gasteiger partial charge in [0.25, 0.3) is 11.8 Å². The fourth-order valence-electron chi connectivity index (χ4n) is 3.92. The van der Waals surface area contributed by atoms with Crippen molar-refractivity contribution in [2.45, 2.75) is 27.2 Å². The van der Waals surface area contributed by atoms with Crippen molar-refractivity contribution in [2.24, 2.45) is 5.92 Å². The number of hydrogen-bond acceptors (Lipinski definition) is 6. The minimum atomic E-state index is -0.645. The first-order valence-corrected chi connectivity index (χ1v) is 13.3. The Kier molecular flexibility index (Phi) is 8.92. The Morgan fingerprint density at radius 3 is 2.20 bits per heavy atom. The molecule has 206 valence electrons. The van der Waals surface area contributed by atoms with Crippen LogP contribution in [0.5, 0.6) is 0 Å². The number of ether oxygens (including phenoxy) is 1. The van der Waals surface area contributed by atoms with E-state index < -0.39 is 17.8 Å². The molecule has 10 heteroatoms. The molecule has 1 aliphatic heterocycles. The summed E-state index contributed by atoms with van der Waals surface area (Å²) >= 11 is 12.4. The summed E-state index contributed by atoms with van der Waals surface area (Å²) in [6.07, 6.45) is 0.0984. The number of amides is 3. The number of carbonyl (C=O) groups is 4. The number of nitrogens with zero attached hydrogens (tertiary/aromatic N) is 1. The molecule has 40 heavy (non-hydrogen) atoms. The van der Waals surface area contributed by atoms with Gasteiger partial charge < -0.3 is 15.4 Å². The summed E-state index contributed by atoms with van der Waals surface area (Å²) in [5.41, 5.74) is 3.09. The monoisotopic (exact) mass is 579 g/mol. The third kappa shape index (κ3) is 6.52. The highest BCUT2D eigenvalue weighted by molar-refractivity contribution is 6.53. The molecule has 0 radical (unpaired) electrons. The lowest BCUT2D eigenvalue weighted by atomic mass is 10.1. The van der Waals surface area contributed by atoms with Crippen LogP contribution in [0.15, 0.2) is 77.5 Å². The molecule has 0 aliphatic carbocycles. The van der Waals surface area contributed by atoms with Crippen molar-refractivity contribution >= 4 is 64.0 Å². The van der Waals surface area contributed by atoms with Crippen LogP contribution in [0.1, 0.15) is 35.3 Å². The fraction of sp³-hybridized carbons (Fsp3) is 0.200. The summed E-state index contributed by atoms with van der Waals surface area (Å²) in [5, 5.41) is 5.91. The Balaban J connectivity index is 1.35. The van der Waals surface area contributed by atoms with Gasteiger partial charge in [0.05, 0.1) is 24.3 Å². The van der Waals surface area contributed by atoms with Crippen LogP contribution in [-0.4, -0.2) is 30.3 Å². The zero-order valence-corrected chi connectivity index (χ0v) is 23.6. The molecule has 0 spiro atoms. The van der Waals surface area contributed by atoms with E-state index in [1.165, 1.54) is 0 Å². The van der Waals surface area contributed by atoms with Crippen LogP contribution in [-0.2, 0) is 25.5 Å². The maximum absolute atomic E-state index is 13.1. The first-order valence-electron chi connectivity index (χ1n) is 12.5. The molecular formula is C30H27Cl2N3O5. The number of benzene rings is 3. The van der Waals surface area contributed by atoms with Gasteiger partial charge in [0.1, 0.15) is 10.7 Å². The van der Waals surface area contributed by atoms with Crippen molar-refractivity contribution in [3.8, 4) is 0 Å². The molecule has 0 saturated heterocycles. The number of anilines is 3. The zero-order valence-electron chi connectivity index (χ0n) is 22.1. The van der Waals surface area contributed by atoms with Gasteiger partial charge >= 0.3 is 5.97 Å². The van der Waals surface area contributed by atoms with Gasteiger partial charge in [-0.15, -0.1) is 0 Å². The van der Waals surface area contributed by atoms with Gasteiger partial charge in [-0.2, -0.15) is 0 Å². The topological polar surface area (TPSA) is 105 Å². The lowest BCUT2D eigenvalue weighted by Gasteiger charge is -2.18. The molecule has 2 N–H and O–H groups in total. The van der Waals surface area contributed by atoms with Gasteiger partial charge in [-0.3, -0.25) is 14.4 Å². The van der Waals surface area contributed by atoms with E-state index in [1.807, 2.05) is 13.8 Å². The summed E-state index contributed by atoms with van der Waals surface area (Å²) in [6.45, 7) is 5.97. The predicted octanol–water partition coefficient (Wildman–Crippen LogP) is 6.08. The van der Waals surface area contributed by atoms with Crippen LogP contribution in [0.25, 0.3) is 0 Å². The molecule has 0 aromatic heterocycles. The standard InChI is InChI=1S/C30H27Cl2N3O5/c1-17(2)16-40-30(39)20-9-13-21(14-10-20)33-25(36)15-19-7-11-22(12-8-19)34-27-26(32)28(37)35(29(27)38)24-6-4-5-23(31)18(24)3/h4-14,17,34H,15-16H2,1-3H3,(H,33,36). The Morgan fingerprint density at radius 1 is 0.900 bits per heavy atom. The van der Waals surface area contributed by atoms with Crippen LogP contribution < -0.4 is 15.5 Å². The second-order valence-electron chi connectivity index (χ2n) is 9.64. The quantitative estimate of drug-likeness (QED) is 0.235. The van der Waals surface area contributed by atoms with E-state index in [0.717, 1.165) is 10.5 Å². The summed E-state index contributed by atoms with van der Waals surface area (Å²) in [7, 11) is 0. The van der Waals surface area contributed by atoms with E-state index >= 15 is 0 Å². The molecule has 0 atom stereocenters. The van der Waals surface area contributed by atoms with E-state index in [1.54, 1.807) is 73.7 Å². The van der Waals surface area contributed by atoms with Crippen LogP contribution in [0, 0.1) is 12.8 Å². The van der Waals surface area contributed by atoms with Crippen LogP contribution >= 0.6 is 23.2 Å². The van der Waals surface area contributed by atoms with Gasteiger partial charge in [-0.1, -0.05) is 55.2 Å². The van der Waals surface area contributed by atoms with Gasteiger partial charge in [-0.05, 0) is 72.5 Å². The molecule has 0 saturated carbocycles. The molecule has 3 aromatic carbocycles. The fourth-order valence-corrected chi connectivity index (χ4v) is 4.31. The van der Waals surface area contributed by atoms with Crippen LogP contribution in [0.3, 0.4) is 0 Å². The van der Waals surface area contributed by atoms with Gasteiger partial charge in [0.15, 0.2) is 0 Å². The number of rotatable bonds is 9. The number of esters is 1. The van der Waals surface area contributed by atoms with Gasteiger partial charge in [0.2, 0.25) is 5.91 Å². The van der Waals surface area contributed by atoms with Crippen molar-refractivity contribution in [3.63, 3.8) is 0 Å². The molecule has 0 fully saturated rings. The van der Waals surface area contributed by atoms with Gasteiger partial charge in [-0.25, -0.2) is 9.69 Å². The number of carbonyl (C=O) groups excluding carboxylic acids is 4. The van der Waals surface area contributed by atoms with E-state index in [-0.39, 0.29) is 29.0 Å². The van der Waals surface area contributed by atoms with Crippen LogP contribution in [0.4, 0.5) is 17.1 Å². The average molecular weight is 580 g/mol. The Bertz CT molecular complexity index is 1500. The predicted molar refractivity (Wildman–Crippen MR) is 156 cm³/mol. The van der Waals surface area contributed by atoms with E-state index in [9.17, 15) is 19.2 Å². The molecule has 1 heterocycles. The minimum absolute atomic E-state index is 0.0481. The van der Waals surface area contributed by atoms with Crippen LogP contribution in [0.2, 0.25) is 5.02 Å². The molecular weight excluding hydrogens is 553 g/mol. The third-order valence-electron chi connectivity index (χ3n) is 6.05. The molecule has 0 unspecified atom stereocenters. The summed E-state index contributed by atoms with van der Waals surface area (Å²) in [4.78, 5) is 51.4. The third-order valence-corrected chi connectivity index (χ3v) is 6.81. The van der Waals surface area contributed by atoms with Crippen molar-refractivity contribution in [1.29, 1.82) is 0 Å². The number of nitrogens with one attached hydrogen (secondary N) is 2. The molecule has 3 amide bonds. The van der Waals surface area contributed by atoms with Gasteiger partial charge in [0, 0.05) is 16.4 Å². The minimum Gasteiger partial charge on any atom is -0.462 e. The first kappa shape index (κ1) is 28.9. The van der Waals surface area contributed by atoms with E-state index in [0.29, 0.717) is 39.8 Å². The maximum atomic E-state index is 13.1. The summed E-state index contributed by atoms with van der Waals surface area (Å²) in [5.74, 6) is -1.65. The Labute approximate surface area is 241 Å². The highest BCUT2D eigenvalue weighted by Crippen LogP contribution is 2.34. The molecule has 0 bridgehead atoms. The lowest BCUT2D eigenvalue weighted by molar-refractivity contribution is -0.120. The SMILES string of the molecule is Cc1c(Cl)cccc1N1C(=O)C(Cl)=C(Nc2ccc(CC(=O)Nc3ccc(C(=O)OCC(C)C)cc3)cc2)C1=O. The largest absolute Gasteiger partial charge is 0.462 e. The summed E-state index contributed by atoms with van der Waals surface area (Å²) in [6, 6.07) is 18.2. The maximum Gasteiger partial charge on any atom is 0.338 e. The first-order chi connectivity index (χ1) is 19.0. The number of hydrogen-bond donors (Lipinski definition) is 2. The molecule has 1 aliphatic rings. The number of imide groups is 1.